The molecule has 1 aliphatic heterocycles. The Morgan fingerprint density at radius 2 is 2.36 bits per heavy atom. The van der Waals surface area contributed by atoms with E-state index in [0.717, 1.165) is 38.9 Å². The first-order valence-corrected chi connectivity index (χ1v) is 5.61. The molecule has 1 rings (SSSR count). The lowest BCUT2D eigenvalue weighted by Gasteiger charge is -2.14. The van der Waals surface area contributed by atoms with Gasteiger partial charge in [0.05, 0.1) is 0 Å². The molecule has 0 aromatic rings. The van der Waals surface area contributed by atoms with Gasteiger partial charge in [0.25, 0.3) is 0 Å². The van der Waals surface area contributed by atoms with E-state index in [0.29, 0.717) is 24.7 Å². The van der Waals surface area contributed by atoms with Crippen molar-refractivity contribution in [1.29, 1.82) is 0 Å². The SMILES string of the molecule is CCC(=O)CCCN1CCC(CO)C1. The average Bonchev–Trinajstić information content (AvgIpc) is 2.65. The highest BCUT2D eigenvalue weighted by Gasteiger charge is 2.20. The largest absolute Gasteiger partial charge is 0.396 e. The van der Waals surface area contributed by atoms with Crippen molar-refractivity contribution in [2.75, 3.05) is 26.2 Å². The number of likely N-dealkylation sites (tertiary alicyclic amines) is 1. The van der Waals surface area contributed by atoms with Gasteiger partial charge in [0.15, 0.2) is 0 Å². The fourth-order valence-electron chi connectivity index (χ4n) is 1.94. The van der Waals surface area contributed by atoms with Gasteiger partial charge in [0.1, 0.15) is 5.78 Å². The quantitative estimate of drug-likeness (QED) is 0.695. The van der Waals surface area contributed by atoms with Gasteiger partial charge in [-0.1, -0.05) is 6.92 Å². The Balaban J connectivity index is 2.05. The smallest absolute Gasteiger partial charge is 0.132 e. The van der Waals surface area contributed by atoms with Crippen LogP contribution in [0.3, 0.4) is 0 Å². The topological polar surface area (TPSA) is 40.5 Å². The van der Waals surface area contributed by atoms with Gasteiger partial charge in [-0.2, -0.15) is 0 Å². The Labute approximate surface area is 86.1 Å². The average molecular weight is 199 g/mol. The summed E-state index contributed by atoms with van der Waals surface area (Å²) in [6.45, 7) is 5.34. The third kappa shape index (κ3) is 3.76. The van der Waals surface area contributed by atoms with Crippen molar-refractivity contribution in [2.24, 2.45) is 5.92 Å². The highest BCUT2D eigenvalue weighted by Crippen LogP contribution is 2.15. The number of ketones is 1. The van der Waals surface area contributed by atoms with Crippen LogP contribution in [0.2, 0.25) is 0 Å². The number of nitrogens with zero attached hydrogens (tertiary/aromatic N) is 1. The molecule has 1 atom stereocenters. The Morgan fingerprint density at radius 1 is 1.57 bits per heavy atom. The molecule has 0 aromatic heterocycles. The molecule has 0 radical (unpaired) electrons. The van der Waals surface area contributed by atoms with E-state index < -0.39 is 0 Å². The number of hydrogen-bond acceptors (Lipinski definition) is 3. The molecule has 1 aliphatic rings. The molecule has 14 heavy (non-hydrogen) atoms. The fraction of sp³-hybridized carbons (Fsp3) is 0.909. The highest BCUT2D eigenvalue weighted by atomic mass is 16.3. The second-order valence-corrected chi connectivity index (χ2v) is 4.13. The highest BCUT2D eigenvalue weighted by molar-refractivity contribution is 5.77. The van der Waals surface area contributed by atoms with Gasteiger partial charge in [-0.25, -0.2) is 0 Å². The van der Waals surface area contributed by atoms with Crippen LogP contribution >= 0.6 is 0 Å². The zero-order valence-corrected chi connectivity index (χ0v) is 9.04. The normalized spacial score (nSPS) is 22.9. The van der Waals surface area contributed by atoms with E-state index in [2.05, 4.69) is 4.90 Å². The van der Waals surface area contributed by atoms with Crippen LogP contribution < -0.4 is 0 Å². The first-order valence-electron chi connectivity index (χ1n) is 5.61. The second kappa shape index (κ2) is 6.14. The molecule has 0 amide bonds. The van der Waals surface area contributed by atoms with Gasteiger partial charge in [-0.3, -0.25) is 4.79 Å². The van der Waals surface area contributed by atoms with E-state index in [1.165, 1.54) is 0 Å². The van der Waals surface area contributed by atoms with Crippen LogP contribution in [0.5, 0.6) is 0 Å². The summed E-state index contributed by atoms with van der Waals surface area (Å²) in [5.74, 6) is 0.833. The van der Waals surface area contributed by atoms with Gasteiger partial charge < -0.3 is 10.0 Å². The first kappa shape index (κ1) is 11.7. The predicted molar refractivity (Wildman–Crippen MR) is 56.2 cm³/mol. The second-order valence-electron chi connectivity index (χ2n) is 4.13. The third-order valence-corrected chi connectivity index (χ3v) is 2.95. The van der Waals surface area contributed by atoms with Crippen molar-refractivity contribution in [3.05, 3.63) is 0 Å². The standard InChI is InChI=1S/C11H21NO2/c1-2-11(14)4-3-6-12-7-5-10(8-12)9-13/h10,13H,2-9H2,1H3. The molecule has 82 valence electrons. The van der Waals surface area contributed by atoms with Gasteiger partial charge in [-0.05, 0) is 31.8 Å². The molecule has 0 saturated carbocycles. The van der Waals surface area contributed by atoms with Gasteiger partial charge in [0.2, 0.25) is 0 Å². The fourth-order valence-corrected chi connectivity index (χ4v) is 1.94. The van der Waals surface area contributed by atoms with E-state index >= 15 is 0 Å². The Morgan fingerprint density at radius 3 is 2.93 bits per heavy atom. The van der Waals surface area contributed by atoms with Crippen LogP contribution in [0.25, 0.3) is 0 Å². The molecular weight excluding hydrogens is 178 g/mol. The molecule has 0 aromatic carbocycles. The van der Waals surface area contributed by atoms with Crippen LogP contribution in [0.1, 0.15) is 32.6 Å². The predicted octanol–water partition coefficient (Wildman–Crippen LogP) is 1.06. The van der Waals surface area contributed by atoms with E-state index in [9.17, 15) is 4.79 Å². The van der Waals surface area contributed by atoms with Crippen LogP contribution in [0.4, 0.5) is 0 Å². The Hall–Kier alpha value is -0.410. The number of aliphatic hydroxyl groups excluding tert-OH is 1. The molecule has 0 bridgehead atoms. The zero-order chi connectivity index (χ0) is 10.4. The van der Waals surface area contributed by atoms with E-state index in [1.54, 1.807) is 0 Å². The molecule has 1 saturated heterocycles. The summed E-state index contributed by atoms with van der Waals surface area (Å²) in [6.07, 6.45) is 3.47. The van der Waals surface area contributed by atoms with Crippen LogP contribution in [0, 0.1) is 5.92 Å². The molecular formula is C11H21NO2. The Kier molecular flexibility index (Phi) is 5.12. The summed E-state index contributed by atoms with van der Waals surface area (Å²) in [5.41, 5.74) is 0. The monoisotopic (exact) mass is 199 g/mol. The molecule has 3 nitrogen and oxygen atoms in total. The molecule has 1 N–H and O–H groups in total. The number of aliphatic hydroxyl groups is 1. The minimum Gasteiger partial charge on any atom is -0.396 e. The van der Waals surface area contributed by atoms with Crippen molar-refractivity contribution in [1.82, 2.24) is 4.90 Å². The molecule has 1 fully saturated rings. The van der Waals surface area contributed by atoms with Crippen LogP contribution in [0.15, 0.2) is 0 Å². The van der Waals surface area contributed by atoms with Crippen LogP contribution in [-0.4, -0.2) is 42.0 Å². The minimum atomic E-state index is 0.310. The lowest BCUT2D eigenvalue weighted by Crippen LogP contribution is -2.23. The minimum absolute atomic E-state index is 0.310. The van der Waals surface area contributed by atoms with Crippen molar-refractivity contribution in [3.63, 3.8) is 0 Å². The summed E-state index contributed by atoms with van der Waals surface area (Å²) < 4.78 is 0. The maximum Gasteiger partial charge on any atom is 0.132 e. The maximum atomic E-state index is 11.0. The molecule has 0 spiro atoms. The van der Waals surface area contributed by atoms with E-state index in [4.69, 9.17) is 5.11 Å². The number of carbonyl (C=O) groups excluding carboxylic acids is 1. The third-order valence-electron chi connectivity index (χ3n) is 2.95. The molecule has 1 heterocycles. The lowest BCUT2D eigenvalue weighted by molar-refractivity contribution is -0.118. The summed E-state index contributed by atoms with van der Waals surface area (Å²) in [6, 6.07) is 0. The number of hydrogen-bond donors (Lipinski definition) is 1. The van der Waals surface area contributed by atoms with E-state index in [1.807, 2.05) is 6.92 Å². The van der Waals surface area contributed by atoms with Crippen molar-refractivity contribution in [3.8, 4) is 0 Å². The first-order chi connectivity index (χ1) is 6.76. The maximum absolute atomic E-state index is 11.0. The number of Topliss-reactive ketones (excluding diaryl/α,β-unsaturated/α-hetero) is 1. The number of carbonyl (C=O) groups is 1. The van der Waals surface area contributed by atoms with Crippen molar-refractivity contribution in [2.45, 2.75) is 32.6 Å². The molecule has 0 aliphatic carbocycles. The van der Waals surface area contributed by atoms with Gasteiger partial charge >= 0.3 is 0 Å². The summed E-state index contributed by atoms with van der Waals surface area (Å²) >= 11 is 0. The Bertz CT molecular complexity index is 182. The van der Waals surface area contributed by atoms with E-state index in [-0.39, 0.29) is 0 Å². The van der Waals surface area contributed by atoms with Gasteiger partial charge in [0, 0.05) is 26.0 Å². The van der Waals surface area contributed by atoms with Crippen molar-refractivity contribution >= 4 is 5.78 Å². The summed E-state index contributed by atoms with van der Waals surface area (Å²) in [4.78, 5) is 13.4. The number of rotatable bonds is 6. The summed E-state index contributed by atoms with van der Waals surface area (Å²) in [5, 5.41) is 8.95. The van der Waals surface area contributed by atoms with Crippen molar-refractivity contribution < 1.29 is 9.90 Å². The molecule has 1 unspecified atom stereocenters. The zero-order valence-electron chi connectivity index (χ0n) is 9.04. The molecule has 3 heteroatoms. The van der Waals surface area contributed by atoms with Gasteiger partial charge in [-0.15, -0.1) is 0 Å². The van der Waals surface area contributed by atoms with Crippen LogP contribution in [-0.2, 0) is 4.79 Å². The lowest BCUT2D eigenvalue weighted by atomic mass is 10.1. The summed E-state index contributed by atoms with van der Waals surface area (Å²) in [7, 11) is 0.